The Morgan fingerprint density at radius 1 is 1.19 bits per heavy atom. The van der Waals surface area contributed by atoms with Gasteiger partial charge in [-0.2, -0.15) is 0 Å². The summed E-state index contributed by atoms with van der Waals surface area (Å²) in [6, 6.07) is 2.10. The van der Waals surface area contributed by atoms with Gasteiger partial charge >= 0.3 is 0 Å². The van der Waals surface area contributed by atoms with Crippen LogP contribution in [0, 0.1) is 12.8 Å². The number of ether oxygens (including phenoxy) is 1. The van der Waals surface area contributed by atoms with Gasteiger partial charge in [-0.1, -0.05) is 13.8 Å². The number of rotatable bonds is 4. The summed E-state index contributed by atoms with van der Waals surface area (Å²) in [5, 5.41) is 10.0. The predicted molar refractivity (Wildman–Crippen MR) is 99.2 cm³/mol. The van der Waals surface area contributed by atoms with Gasteiger partial charge in [-0.3, -0.25) is 4.79 Å². The molecule has 3 heterocycles. The van der Waals surface area contributed by atoms with Crippen LogP contribution in [0.2, 0.25) is 0 Å². The van der Waals surface area contributed by atoms with Crippen molar-refractivity contribution < 1.29 is 14.6 Å². The number of morpholine rings is 1. The second-order valence-corrected chi connectivity index (χ2v) is 7.59. The summed E-state index contributed by atoms with van der Waals surface area (Å²) < 4.78 is 5.43. The minimum absolute atomic E-state index is 0.0548. The van der Waals surface area contributed by atoms with E-state index in [1.165, 1.54) is 0 Å². The van der Waals surface area contributed by atoms with Gasteiger partial charge in [-0.15, -0.1) is 0 Å². The number of carbonyl (C=O) groups excluding carboxylic acids is 1. The molecule has 1 amide bonds. The van der Waals surface area contributed by atoms with E-state index in [9.17, 15) is 9.90 Å². The van der Waals surface area contributed by atoms with E-state index in [2.05, 4.69) is 20.9 Å². The van der Waals surface area contributed by atoms with Gasteiger partial charge in [0, 0.05) is 43.9 Å². The molecule has 1 aromatic rings. The van der Waals surface area contributed by atoms with E-state index in [0.717, 1.165) is 56.5 Å². The number of anilines is 1. The third-order valence-corrected chi connectivity index (χ3v) is 5.29. The highest BCUT2D eigenvalue weighted by Gasteiger charge is 2.30. The molecule has 3 rings (SSSR count). The number of aryl methyl sites for hydroxylation is 1. The van der Waals surface area contributed by atoms with E-state index < -0.39 is 6.10 Å². The second-order valence-electron chi connectivity index (χ2n) is 7.59. The first kappa shape index (κ1) is 19.0. The molecule has 2 fully saturated rings. The Kier molecular flexibility index (Phi) is 6.09. The van der Waals surface area contributed by atoms with E-state index in [1.54, 1.807) is 4.90 Å². The van der Waals surface area contributed by atoms with Crippen molar-refractivity contribution in [3.05, 3.63) is 17.6 Å². The molecule has 0 spiro atoms. The Morgan fingerprint density at radius 2 is 1.85 bits per heavy atom. The Balaban J connectivity index is 1.65. The minimum atomic E-state index is -0.902. The average Bonchev–Trinajstić information content (AvgIpc) is 2.67. The molecular weight excluding hydrogens is 332 g/mol. The van der Waals surface area contributed by atoms with Gasteiger partial charge in [0.25, 0.3) is 5.91 Å². The summed E-state index contributed by atoms with van der Waals surface area (Å²) in [5.41, 5.74) is 1.07. The van der Waals surface area contributed by atoms with Crippen LogP contribution in [0.3, 0.4) is 0 Å². The quantitative estimate of drug-likeness (QED) is 0.871. The van der Waals surface area contributed by atoms with E-state index in [4.69, 9.17) is 4.74 Å². The maximum Gasteiger partial charge on any atom is 0.251 e. The summed E-state index contributed by atoms with van der Waals surface area (Å²) in [6.07, 6.45) is 0.839. The number of likely N-dealkylation sites (tertiary alicyclic amines) is 1. The molecule has 7 heteroatoms. The number of aliphatic hydroxyl groups excluding tert-OH is 1. The summed E-state index contributed by atoms with van der Waals surface area (Å²) in [6.45, 7) is 10.2. The van der Waals surface area contributed by atoms with Gasteiger partial charge in [-0.05, 0) is 25.7 Å². The van der Waals surface area contributed by atoms with E-state index in [0.29, 0.717) is 19.0 Å². The summed E-state index contributed by atoms with van der Waals surface area (Å²) in [7, 11) is 0. The maximum absolute atomic E-state index is 12.3. The molecule has 1 aromatic heterocycles. The maximum atomic E-state index is 12.3. The number of piperidine rings is 1. The highest BCUT2D eigenvalue weighted by molar-refractivity contribution is 5.81. The molecular formula is C19H30N4O3. The standard InChI is InChI=1S/C19H30N4O3/c1-13(2)18(24)19(25)23-6-4-15(5-7-23)16-12-17(21-14(3)20-16)22-8-10-26-11-9-22/h12-13,15,18,24H,4-11H2,1-3H3. The fourth-order valence-electron chi connectivity index (χ4n) is 3.61. The minimum Gasteiger partial charge on any atom is -0.383 e. The van der Waals surface area contributed by atoms with Gasteiger partial charge in [0.15, 0.2) is 0 Å². The Bertz CT molecular complexity index is 623. The monoisotopic (exact) mass is 362 g/mol. The van der Waals surface area contributed by atoms with Crippen molar-refractivity contribution in [3.63, 3.8) is 0 Å². The summed E-state index contributed by atoms with van der Waals surface area (Å²) in [4.78, 5) is 25.6. The van der Waals surface area contributed by atoms with Crippen LogP contribution < -0.4 is 4.90 Å². The van der Waals surface area contributed by atoms with Crippen molar-refractivity contribution in [1.82, 2.24) is 14.9 Å². The second kappa shape index (κ2) is 8.31. The highest BCUT2D eigenvalue weighted by atomic mass is 16.5. The normalized spacial score (nSPS) is 20.5. The van der Waals surface area contributed by atoms with Crippen LogP contribution in [0.25, 0.3) is 0 Å². The molecule has 1 unspecified atom stereocenters. The first-order valence-corrected chi connectivity index (χ1v) is 9.61. The molecule has 0 aliphatic carbocycles. The van der Waals surface area contributed by atoms with Crippen molar-refractivity contribution in [1.29, 1.82) is 0 Å². The molecule has 1 N–H and O–H groups in total. The lowest BCUT2D eigenvalue weighted by Gasteiger charge is -2.34. The van der Waals surface area contributed by atoms with Crippen LogP contribution in [0.1, 0.15) is 44.1 Å². The van der Waals surface area contributed by atoms with Crippen LogP contribution in [0.4, 0.5) is 5.82 Å². The number of amides is 1. The topological polar surface area (TPSA) is 78.8 Å². The Labute approximate surface area is 155 Å². The van der Waals surface area contributed by atoms with Gasteiger partial charge < -0.3 is 19.6 Å². The lowest BCUT2D eigenvalue weighted by atomic mass is 9.92. The molecule has 7 nitrogen and oxygen atoms in total. The van der Waals surface area contributed by atoms with Crippen molar-refractivity contribution in [2.24, 2.45) is 5.92 Å². The molecule has 26 heavy (non-hydrogen) atoms. The molecule has 2 aliphatic heterocycles. The third-order valence-electron chi connectivity index (χ3n) is 5.29. The Morgan fingerprint density at radius 3 is 2.46 bits per heavy atom. The lowest BCUT2D eigenvalue weighted by Crippen LogP contribution is -2.45. The fraction of sp³-hybridized carbons (Fsp3) is 0.737. The predicted octanol–water partition coefficient (Wildman–Crippen LogP) is 1.34. The highest BCUT2D eigenvalue weighted by Crippen LogP contribution is 2.29. The molecule has 2 aliphatic rings. The molecule has 0 bridgehead atoms. The number of hydrogen-bond donors (Lipinski definition) is 1. The summed E-state index contributed by atoms with van der Waals surface area (Å²) in [5.74, 6) is 1.89. The summed E-state index contributed by atoms with van der Waals surface area (Å²) >= 11 is 0. The Hall–Kier alpha value is -1.73. The van der Waals surface area contributed by atoms with Crippen molar-refractivity contribution in [2.75, 3.05) is 44.3 Å². The number of hydrogen-bond acceptors (Lipinski definition) is 6. The smallest absolute Gasteiger partial charge is 0.251 e. The average molecular weight is 362 g/mol. The molecule has 0 radical (unpaired) electrons. The van der Waals surface area contributed by atoms with Gasteiger partial charge in [0.1, 0.15) is 17.7 Å². The fourth-order valence-corrected chi connectivity index (χ4v) is 3.61. The zero-order chi connectivity index (χ0) is 18.7. The first-order chi connectivity index (χ1) is 12.5. The van der Waals surface area contributed by atoms with Gasteiger partial charge in [0.2, 0.25) is 0 Å². The molecule has 0 aromatic carbocycles. The largest absolute Gasteiger partial charge is 0.383 e. The van der Waals surface area contributed by atoms with Crippen LogP contribution in [-0.2, 0) is 9.53 Å². The van der Waals surface area contributed by atoms with Crippen LogP contribution in [0.5, 0.6) is 0 Å². The number of aliphatic hydroxyl groups is 1. The SMILES string of the molecule is Cc1nc(C2CCN(C(=O)C(O)C(C)C)CC2)cc(N2CCOCC2)n1. The van der Waals surface area contributed by atoms with Crippen LogP contribution in [0.15, 0.2) is 6.07 Å². The van der Waals surface area contributed by atoms with E-state index in [-0.39, 0.29) is 11.8 Å². The van der Waals surface area contributed by atoms with Crippen molar-refractivity contribution >= 4 is 11.7 Å². The van der Waals surface area contributed by atoms with Crippen LogP contribution >= 0.6 is 0 Å². The van der Waals surface area contributed by atoms with Crippen molar-refractivity contribution in [2.45, 2.75) is 45.6 Å². The van der Waals surface area contributed by atoms with Gasteiger partial charge in [0.05, 0.1) is 13.2 Å². The molecule has 0 saturated carbocycles. The lowest BCUT2D eigenvalue weighted by molar-refractivity contribution is -0.143. The molecule has 2 saturated heterocycles. The van der Waals surface area contributed by atoms with Gasteiger partial charge in [-0.25, -0.2) is 9.97 Å². The molecule has 144 valence electrons. The number of aromatic nitrogens is 2. The van der Waals surface area contributed by atoms with E-state index >= 15 is 0 Å². The van der Waals surface area contributed by atoms with E-state index in [1.807, 2.05) is 20.8 Å². The zero-order valence-corrected chi connectivity index (χ0v) is 16.0. The first-order valence-electron chi connectivity index (χ1n) is 9.61. The van der Waals surface area contributed by atoms with Crippen LogP contribution in [-0.4, -0.2) is 71.4 Å². The third kappa shape index (κ3) is 4.32. The number of carbonyl (C=O) groups is 1. The van der Waals surface area contributed by atoms with Crippen molar-refractivity contribution in [3.8, 4) is 0 Å². The molecule has 1 atom stereocenters. The number of nitrogens with zero attached hydrogens (tertiary/aromatic N) is 4. The zero-order valence-electron chi connectivity index (χ0n) is 16.0.